The molecular weight excluding hydrogens is 837 g/mol. The maximum Gasteiger partial charge on any atom is 0.306 e. The first-order chi connectivity index (χ1) is 33.6. The van der Waals surface area contributed by atoms with Gasteiger partial charge in [0.1, 0.15) is 6.61 Å². The Morgan fingerprint density at radius 1 is 0.338 bits per heavy atom. The summed E-state index contributed by atoms with van der Waals surface area (Å²) in [6.07, 6.45) is 76.4. The van der Waals surface area contributed by atoms with Gasteiger partial charge in [0.25, 0.3) is 0 Å². The Bertz CT molecular complexity index is 1210. The normalized spacial score (nSPS) is 12.7. The maximum atomic E-state index is 12.9. The van der Waals surface area contributed by atoms with Crippen molar-refractivity contribution in [3.05, 3.63) is 72.9 Å². The number of hydrogen-bond donors (Lipinski definition) is 0. The summed E-state index contributed by atoms with van der Waals surface area (Å²) >= 11 is 0. The van der Waals surface area contributed by atoms with Crippen LogP contribution in [-0.2, 0) is 23.8 Å². The first-order valence-electron chi connectivity index (χ1n) is 29.5. The molecule has 0 aliphatic carbocycles. The van der Waals surface area contributed by atoms with Crippen LogP contribution in [0, 0.1) is 0 Å². The van der Waals surface area contributed by atoms with E-state index in [1.54, 1.807) is 0 Å². The molecule has 0 heterocycles. The van der Waals surface area contributed by atoms with E-state index in [-0.39, 0.29) is 25.2 Å². The van der Waals surface area contributed by atoms with Crippen LogP contribution in [0.15, 0.2) is 72.9 Å². The van der Waals surface area contributed by atoms with E-state index in [9.17, 15) is 9.59 Å². The van der Waals surface area contributed by atoms with Crippen LogP contribution in [0.3, 0.4) is 0 Å². The highest BCUT2D eigenvalue weighted by Gasteiger charge is 2.17. The van der Waals surface area contributed by atoms with Gasteiger partial charge in [-0.1, -0.05) is 261 Å². The number of carbonyl (C=O) groups excluding carboxylic acids is 2. The molecule has 0 amide bonds. The molecule has 0 aromatic rings. The summed E-state index contributed by atoms with van der Waals surface area (Å²) < 4.78 is 17.5. The summed E-state index contributed by atoms with van der Waals surface area (Å²) in [7, 11) is 0. The van der Waals surface area contributed by atoms with Gasteiger partial charge in [-0.3, -0.25) is 9.59 Å². The van der Waals surface area contributed by atoms with Crippen molar-refractivity contribution in [2.75, 3.05) is 19.8 Å². The van der Waals surface area contributed by atoms with Gasteiger partial charge in [0, 0.05) is 19.4 Å². The number of ether oxygens (including phenoxy) is 3. The van der Waals surface area contributed by atoms with Crippen LogP contribution in [-0.4, -0.2) is 37.9 Å². The third-order valence-corrected chi connectivity index (χ3v) is 12.7. The van der Waals surface area contributed by atoms with Crippen molar-refractivity contribution in [1.29, 1.82) is 0 Å². The molecule has 0 spiro atoms. The highest BCUT2D eigenvalue weighted by molar-refractivity contribution is 5.70. The topological polar surface area (TPSA) is 61.8 Å². The summed E-state index contributed by atoms with van der Waals surface area (Å²) in [4.78, 5) is 25.5. The summed E-state index contributed by atoms with van der Waals surface area (Å²) in [5.41, 5.74) is 0. The lowest BCUT2D eigenvalue weighted by Crippen LogP contribution is -2.30. The molecule has 0 fully saturated rings. The largest absolute Gasteiger partial charge is 0.462 e. The summed E-state index contributed by atoms with van der Waals surface area (Å²) in [5, 5.41) is 0. The second kappa shape index (κ2) is 58.7. The van der Waals surface area contributed by atoms with Gasteiger partial charge in [0.2, 0.25) is 0 Å². The minimum atomic E-state index is -0.545. The highest BCUT2D eigenvalue weighted by Crippen LogP contribution is 2.16. The van der Waals surface area contributed by atoms with E-state index in [0.29, 0.717) is 19.4 Å². The SMILES string of the molecule is CC/C=C\C/C=C\C/C=C\C/C=C\CCCCCCCCC(=O)OCC(COCCCCCCCCCCCC/C=C\C/C=C\CCCCC)OC(=O)CCCCCCCCCCCCCCC. The van der Waals surface area contributed by atoms with Gasteiger partial charge < -0.3 is 14.2 Å². The molecular formula is C63H112O5. The molecule has 0 aliphatic heterocycles. The van der Waals surface area contributed by atoms with Gasteiger partial charge in [-0.2, -0.15) is 0 Å². The second-order valence-corrected chi connectivity index (χ2v) is 19.5. The lowest BCUT2D eigenvalue weighted by Gasteiger charge is -2.18. The van der Waals surface area contributed by atoms with Gasteiger partial charge >= 0.3 is 11.9 Å². The molecule has 0 rings (SSSR count). The van der Waals surface area contributed by atoms with Crippen LogP contribution in [0.1, 0.15) is 290 Å². The highest BCUT2D eigenvalue weighted by atomic mass is 16.6. The lowest BCUT2D eigenvalue weighted by molar-refractivity contribution is -0.163. The zero-order valence-electron chi connectivity index (χ0n) is 45.4. The zero-order valence-corrected chi connectivity index (χ0v) is 45.4. The molecule has 0 saturated carbocycles. The van der Waals surface area contributed by atoms with Crippen molar-refractivity contribution in [1.82, 2.24) is 0 Å². The summed E-state index contributed by atoms with van der Waals surface area (Å²) in [6, 6.07) is 0. The minimum absolute atomic E-state index is 0.0774. The Morgan fingerprint density at radius 2 is 0.662 bits per heavy atom. The molecule has 0 aliphatic rings. The molecule has 0 saturated heterocycles. The minimum Gasteiger partial charge on any atom is -0.462 e. The van der Waals surface area contributed by atoms with E-state index >= 15 is 0 Å². The third kappa shape index (κ3) is 55.9. The molecule has 1 unspecified atom stereocenters. The Morgan fingerprint density at radius 3 is 1.09 bits per heavy atom. The number of allylic oxidation sites excluding steroid dienone is 12. The Kier molecular flexibility index (Phi) is 56.4. The van der Waals surface area contributed by atoms with E-state index in [0.717, 1.165) is 83.5 Å². The number of rotatable bonds is 54. The predicted molar refractivity (Wildman–Crippen MR) is 297 cm³/mol. The predicted octanol–water partition coefficient (Wildman–Crippen LogP) is 20.2. The van der Waals surface area contributed by atoms with E-state index in [1.165, 1.54) is 173 Å². The smallest absolute Gasteiger partial charge is 0.306 e. The average Bonchev–Trinajstić information content (AvgIpc) is 3.34. The van der Waals surface area contributed by atoms with E-state index < -0.39 is 6.10 Å². The number of unbranched alkanes of at least 4 members (excludes halogenated alkanes) is 31. The average molecular weight is 950 g/mol. The molecule has 5 nitrogen and oxygen atoms in total. The molecule has 5 heteroatoms. The Labute approximate surface area is 423 Å². The third-order valence-electron chi connectivity index (χ3n) is 12.7. The van der Waals surface area contributed by atoms with Gasteiger partial charge in [0.05, 0.1) is 6.61 Å². The van der Waals surface area contributed by atoms with E-state index in [4.69, 9.17) is 14.2 Å². The Hall–Kier alpha value is -2.66. The van der Waals surface area contributed by atoms with Gasteiger partial charge in [0.15, 0.2) is 6.10 Å². The molecule has 0 aromatic heterocycles. The monoisotopic (exact) mass is 949 g/mol. The molecule has 0 N–H and O–H groups in total. The molecule has 1 atom stereocenters. The molecule has 68 heavy (non-hydrogen) atoms. The van der Waals surface area contributed by atoms with Crippen molar-refractivity contribution >= 4 is 11.9 Å². The number of hydrogen-bond acceptors (Lipinski definition) is 5. The van der Waals surface area contributed by atoms with Gasteiger partial charge in [-0.15, -0.1) is 0 Å². The van der Waals surface area contributed by atoms with Crippen molar-refractivity contribution in [3.63, 3.8) is 0 Å². The van der Waals surface area contributed by atoms with Gasteiger partial charge in [-0.05, 0) is 89.9 Å². The zero-order chi connectivity index (χ0) is 49.2. The van der Waals surface area contributed by atoms with Crippen LogP contribution < -0.4 is 0 Å². The van der Waals surface area contributed by atoms with Crippen molar-refractivity contribution in [2.45, 2.75) is 297 Å². The molecule has 394 valence electrons. The fraction of sp³-hybridized carbons (Fsp3) is 0.778. The van der Waals surface area contributed by atoms with Crippen LogP contribution in [0.2, 0.25) is 0 Å². The van der Waals surface area contributed by atoms with Crippen LogP contribution >= 0.6 is 0 Å². The fourth-order valence-electron chi connectivity index (χ4n) is 8.36. The molecule has 0 bridgehead atoms. The quantitative estimate of drug-likeness (QED) is 0.0345. The second-order valence-electron chi connectivity index (χ2n) is 19.5. The molecule has 0 aromatic carbocycles. The first-order valence-corrected chi connectivity index (χ1v) is 29.5. The van der Waals surface area contributed by atoms with Crippen molar-refractivity contribution in [3.8, 4) is 0 Å². The first kappa shape index (κ1) is 65.3. The summed E-state index contributed by atoms with van der Waals surface area (Å²) in [6.45, 7) is 7.71. The molecule has 0 radical (unpaired) electrons. The van der Waals surface area contributed by atoms with Crippen molar-refractivity contribution < 1.29 is 23.8 Å². The maximum absolute atomic E-state index is 12.9. The Balaban J connectivity index is 4.26. The van der Waals surface area contributed by atoms with E-state index in [2.05, 4.69) is 93.7 Å². The van der Waals surface area contributed by atoms with Gasteiger partial charge in [-0.25, -0.2) is 0 Å². The lowest BCUT2D eigenvalue weighted by atomic mass is 10.0. The van der Waals surface area contributed by atoms with Crippen LogP contribution in [0.5, 0.6) is 0 Å². The standard InChI is InChI=1S/C63H112O5/c1-4-7-10-13-16-19-22-25-27-29-31-33-35-37-40-43-46-49-52-55-58-66-59-61(68-63(65)57-54-51-48-45-42-38-24-21-18-15-12-9-6-3)60-67-62(64)56-53-50-47-44-41-39-36-34-32-30-28-26-23-20-17-14-11-8-5-2/h8,11,16-17,19-20,25-28,32,34,61H,4-7,9-10,12-15,18,21-24,29-31,33,35-60H2,1-3H3/b11-8-,19-16-,20-17-,27-25-,28-26-,34-32-. The van der Waals surface area contributed by atoms with Crippen molar-refractivity contribution in [2.24, 2.45) is 0 Å². The van der Waals surface area contributed by atoms with Crippen LogP contribution in [0.25, 0.3) is 0 Å². The fourth-order valence-corrected chi connectivity index (χ4v) is 8.36. The number of carbonyl (C=O) groups is 2. The van der Waals surface area contributed by atoms with E-state index in [1.807, 2.05) is 0 Å². The number of esters is 2. The summed E-state index contributed by atoms with van der Waals surface area (Å²) in [5.74, 6) is -0.404. The van der Waals surface area contributed by atoms with Crippen LogP contribution in [0.4, 0.5) is 0 Å².